The number of hydrogen-bond donors (Lipinski definition) is 0. The third kappa shape index (κ3) is 2.23. The Kier molecular flexibility index (Phi) is 3.01. The molecule has 1 heterocycles. The molecule has 1 aromatic carbocycles. The molecule has 0 N–H and O–H groups in total. The number of ether oxygens (including phenoxy) is 1. The fraction of sp³-hybridized carbons (Fsp3) is 0.429. The first-order chi connectivity index (χ1) is 7.99. The molecule has 0 amide bonds. The molecule has 0 aromatic heterocycles. The Hall–Kier alpha value is -1.64. The lowest BCUT2D eigenvalue weighted by atomic mass is 9.93. The van der Waals surface area contributed by atoms with Crippen LogP contribution in [-0.4, -0.2) is 17.9 Å². The van der Waals surface area contributed by atoms with E-state index >= 15 is 0 Å². The van der Waals surface area contributed by atoms with Gasteiger partial charge in [-0.15, -0.1) is 0 Å². The molecule has 3 heteroatoms. The first kappa shape index (κ1) is 11.8. The molecule has 3 nitrogen and oxygen atoms in total. The van der Waals surface area contributed by atoms with Gasteiger partial charge in [-0.1, -0.05) is 17.7 Å². The predicted octanol–water partition coefficient (Wildman–Crippen LogP) is 2.50. The number of rotatable bonds is 2. The SMILES string of the molecule is Cc1cc(C)c(C(=O)C2CCC(=O)O2)c(C)c1. The second-order valence-corrected chi connectivity index (χ2v) is 4.66. The van der Waals surface area contributed by atoms with Crippen molar-refractivity contribution in [2.45, 2.75) is 39.7 Å². The number of cyclic esters (lactones) is 1. The highest BCUT2D eigenvalue weighted by Gasteiger charge is 2.31. The zero-order valence-electron chi connectivity index (χ0n) is 10.4. The van der Waals surface area contributed by atoms with E-state index in [9.17, 15) is 9.59 Å². The van der Waals surface area contributed by atoms with Crippen molar-refractivity contribution in [3.63, 3.8) is 0 Å². The van der Waals surface area contributed by atoms with E-state index in [0.29, 0.717) is 18.4 Å². The van der Waals surface area contributed by atoms with Gasteiger partial charge < -0.3 is 4.74 Å². The molecule has 2 rings (SSSR count). The minimum atomic E-state index is -0.581. The average Bonchev–Trinajstić information content (AvgIpc) is 2.63. The second-order valence-electron chi connectivity index (χ2n) is 4.66. The lowest BCUT2D eigenvalue weighted by Crippen LogP contribution is -2.22. The van der Waals surface area contributed by atoms with E-state index in [1.54, 1.807) is 0 Å². The predicted molar refractivity (Wildman–Crippen MR) is 64.1 cm³/mol. The first-order valence-corrected chi connectivity index (χ1v) is 5.80. The van der Waals surface area contributed by atoms with Gasteiger partial charge in [0, 0.05) is 18.4 Å². The van der Waals surface area contributed by atoms with Crippen molar-refractivity contribution >= 4 is 11.8 Å². The van der Waals surface area contributed by atoms with Crippen LogP contribution in [0.15, 0.2) is 12.1 Å². The van der Waals surface area contributed by atoms with Gasteiger partial charge >= 0.3 is 5.97 Å². The number of benzene rings is 1. The molecule has 1 aliphatic heterocycles. The lowest BCUT2D eigenvalue weighted by molar-refractivity contribution is -0.140. The van der Waals surface area contributed by atoms with Crippen molar-refractivity contribution in [2.24, 2.45) is 0 Å². The highest BCUT2D eigenvalue weighted by molar-refractivity contribution is 6.03. The molecule has 90 valence electrons. The maximum Gasteiger partial charge on any atom is 0.306 e. The summed E-state index contributed by atoms with van der Waals surface area (Å²) in [5.41, 5.74) is 3.75. The number of esters is 1. The quantitative estimate of drug-likeness (QED) is 0.581. The van der Waals surface area contributed by atoms with E-state index in [0.717, 1.165) is 16.7 Å². The van der Waals surface area contributed by atoms with E-state index < -0.39 is 6.10 Å². The molecule has 0 saturated carbocycles. The molecule has 1 fully saturated rings. The second kappa shape index (κ2) is 4.32. The summed E-state index contributed by atoms with van der Waals surface area (Å²) in [5.74, 6) is -0.336. The van der Waals surface area contributed by atoms with Crippen LogP contribution in [0.1, 0.15) is 39.9 Å². The van der Waals surface area contributed by atoms with Crippen LogP contribution in [0.4, 0.5) is 0 Å². The molecule has 1 atom stereocenters. The monoisotopic (exact) mass is 232 g/mol. The third-order valence-corrected chi connectivity index (χ3v) is 3.10. The zero-order chi connectivity index (χ0) is 12.6. The summed E-state index contributed by atoms with van der Waals surface area (Å²) in [6.07, 6.45) is 0.271. The van der Waals surface area contributed by atoms with Gasteiger partial charge in [-0.2, -0.15) is 0 Å². The molecular formula is C14H16O3. The number of ketones is 1. The minimum absolute atomic E-state index is 0.0640. The number of Topliss-reactive ketones (excluding diaryl/α,β-unsaturated/α-hetero) is 1. The minimum Gasteiger partial charge on any atom is -0.454 e. The van der Waals surface area contributed by atoms with Crippen molar-refractivity contribution < 1.29 is 14.3 Å². The molecule has 1 unspecified atom stereocenters. The van der Waals surface area contributed by atoms with Gasteiger partial charge in [-0.25, -0.2) is 0 Å². The Balaban J connectivity index is 2.34. The summed E-state index contributed by atoms with van der Waals surface area (Å²) in [6.45, 7) is 5.85. The Bertz CT molecular complexity index is 465. The molecule has 0 bridgehead atoms. The Labute approximate surface area is 101 Å². The normalized spacial score (nSPS) is 19.2. The fourth-order valence-electron chi connectivity index (χ4n) is 2.44. The standard InChI is InChI=1S/C14H16O3/c1-8-6-9(2)13(10(3)7-8)14(16)11-4-5-12(15)17-11/h6-7,11H,4-5H2,1-3H3. The van der Waals surface area contributed by atoms with Crippen LogP contribution in [0.3, 0.4) is 0 Å². The third-order valence-electron chi connectivity index (χ3n) is 3.10. The van der Waals surface area contributed by atoms with Crippen LogP contribution in [0, 0.1) is 20.8 Å². The Morgan fingerprint density at radius 1 is 1.24 bits per heavy atom. The average molecular weight is 232 g/mol. The van der Waals surface area contributed by atoms with Gasteiger partial charge in [0.25, 0.3) is 0 Å². The molecule has 1 aliphatic rings. The van der Waals surface area contributed by atoms with Crippen molar-refractivity contribution in [1.29, 1.82) is 0 Å². The van der Waals surface area contributed by atoms with Crippen LogP contribution in [-0.2, 0) is 9.53 Å². The van der Waals surface area contributed by atoms with Crippen molar-refractivity contribution in [3.05, 3.63) is 34.4 Å². The first-order valence-electron chi connectivity index (χ1n) is 5.80. The Morgan fingerprint density at radius 3 is 2.29 bits per heavy atom. The van der Waals surface area contributed by atoms with Gasteiger partial charge in [0.15, 0.2) is 6.10 Å². The maximum atomic E-state index is 12.3. The highest BCUT2D eigenvalue weighted by atomic mass is 16.6. The summed E-state index contributed by atoms with van der Waals surface area (Å²) < 4.78 is 5.03. The molecule has 1 aromatic rings. The largest absolute Gasteiger partial charge is 0.454 e. The van der Waals surface area contributed by atoms with Gasteiger partial charge in [-0.05, 0) is 31.9 Å². The van der Waals surface area contributed by atoms with E-state index in [1.165, 1.54) is 0 Å². The summed E-state index contributed by atoms with van der Waals surface area (Å²) in [6, 6.07) is 3.97. The molecule has 0 radical (unpaired) electrons. The molecule has 1 saturated heterocycles. The van der Waals surface area contributed by atoms with Crippen molar-refractivity contribution in [3.8, 4) is 0 Å². The fourth-order valence-corrected chi connectivity index (χ4v) is 2.44. The lowest BCUT2D eigenvalue weighted by Gasteiger charge is -2.13. The molecular weight excluding hydrogens is 216 g/mol. The van der Waals surface area contributed by atoms with E-state index in [-0.39, 0.29) is 11.8 Å². The van der Waals surface area contributed by atoms with Crippen LogP contribution in [0.2, 0.25) is 0 Å². The number of hydrogen-bond acceptors (Lipinski definition) is 3. The number of aryl methyl sites for hydroxylation is 3. The summed E-state index contributed by atoms with van der Waals surface area (Å²) >= 11 is 0. The topological polar surface area (TPSA) is 43.4 Å². The smallest absolute Gasteiger partial charge is 0.306 e. The van der Waals surface area contributed by atoms with E-state index in [2.05, 4.69) is 0 Å². The van der Waals surface area contributed by atoms with Gasteiger partial charge in [0.05, 0.1) is 0 Å². The summed E-state index contributed by atoms with van der Waals surface area (Å²) in [4.78, 5) is 23.3. The summed E-state index contributed by atoms with van der Waals surface area (Å²) in [5, 5.41) is 0. The molecule has 0 aliphatic carbocycles. The van der Waals surface area contributed by atoms with Gasteiger partial charge in [0.1, 0.15) is 0 Å². The molecule has 0 spiro atoms. The number of carbonyl (C=O) groups is 2. The summed E-state index contributed by atoms with van der Waals surface area (Å²) in [7, 11) is 0. The Morgan fingerprint density at radius 2 is 1.82 bits per heavy atom. The van der Waals surface area contributed by atoms with Gasteiger partial charge in [0.2, 0.25) is 5.78 Å². The number of carbonyl (C=O) groups excluding carboxylic acids is 2. The van der Waals surface area contributed by atoms with E-state index in [4.69, 9.17) is 4.74 Å². The van der Waals surface area contributed by atoms with Crippen molar-refractivity contribution in [2.75, 3.05) is 0 Å². The van der Waals surface area contributed by atoms with Crippen LogP contribution >= 0.6 is 0 Å². The zero-order valence-corrected chi connectivity index (χ0v) is 10.4. The maximum absolute atomic E-state index is 12.3. The van der Waals surface area contributed by atoms with Crippen LogP contribution in [0.5, 0.6) is 0 Å². The van der Waals surface area contributed by atoms with Crippen LogP contribution < -0.4 is 0 Å². The van der Waals surface area contributed by atoms with Gasteiger partial charge in [-0.3, -0.25) is 9.59 Å². The molecule has 17 heavy (non-hydrogen) atoms. The highest BCUT2D eigenvalue weighted by Crippen LogP contribution is 2.23. The van der Waals surface area contributed by atoms with Crippen LogP contribution in [0.25, 0.3) is 0 Å². The van der Waals surface area contributed by atoms with Crippen molar-refractivity contribution in [1.82, 2.24) is 0 Å². The van der Waals surface area contributed by atoms with E-state index in [1.807, 2.05) is 32.9 Å².